The number of phosphoric ester groups is 3. The Balaban J connectivity index is 0.941. The Kier molecular flexibility index (Phi) is 18.4. The summed E-state index contributed by atoms with van der Waals surface area (Å²) in [6.07, 6.45) is -5.57. The van der Waals surface area contributed by atoms with E-state index in [1.165, 1.54) is 13.8 Å². The molecule has 0 spiro atoms. The number of phosphoric acid groups is 3. The van der Waals surface area contributed by atoms with Crippen molar-refractivity contribution in [3.63, 3.8) is 0 Å². The second-order valence-electron chi connectivity index (χ2n) is 16.7. The maximum atomic E-state index is 13.3. The fourth-order valence-corrected chi connectivity index (χ4v) is 11.4. The SMILES string of the molecule is CC(C)(COP(=O)(O)OP(=O)(O)OCC1OC(n2cnc3c(N)ncnc32)C(O)C1OP(=O)(O)O)C(O)C(=O)NCCC(=O)NCCSC(=O)c1cc(N2CCCC2)c(Oc2ccccc2)c(S(N)(=O)=O)c1. The summed E-state index contributed by atoms with van der Waals surface area (Å²) in [5, 5.41) is 31.7. The molecular weight excluding hydrogens is 1060 g/mol. The van der Waals surface area contributed by atoms with Gasteiger partial charge in [0.2, 0.25) is 27.0 Å². The minimum absolute atomic E-state index is 0.00608. The van der Waals surface area contributed by atoms with Gasteiger partial charge in [-0.05, 0) is 37.1 Å². The van der Waals surface area contributed by atoms with E-state index in [-0.39, 0.29) is 58.5 Å². The van der Waals surface area contributed by atoms with E-state index < -0.39 is 99.7 Å². The van der Waals surface area contributed by atoms with Crippen LogP contribution in [0.25, 0.3) is 11.2 Å². The molecule has 396 valence electrons. The first-order valence-corrected chi connectivity index (χ1v) is 28.4. The molecule has 4 heterocycles. The number of nitrogen functional groups attached to an aromatic ring is 1. The number of aliphatic hydroxyl groups excluding tert-OH is 2. The quantitative estimate of drug-likeness (QED) is 0.0346. The summed E-state index contributed by atoms with van der Waals surface area (Å²) in [5.41, 5.74) is 4.61. The number of ether oxygens (including phenoxy) is 2. The number of aliphatic hydroxyl groups is 2. The van der Waals surface area contributed by atoms with Gasteiger partial charge in [-0.15, -0.1) is 0 Å². The molecular formula is C38H52N9O20P3S2. The van der Waals surface area contributed by atoms with Crippen LogP contribution < -0.4 is 31.1 Å². The van der Waals surface area contributed by atoms with E-state index in [2.05, 4.69) is 34.4 Å². The van der Waals surface area contributed by atoms with Gasteiger partial charge in [-0.1, -0.05) is 43.8 Å². The van der Waals surface area contributed by atoms with Crippen LogP contribution in [-0.4, -0.2) is 144 Å². The number of imidazole rings is 1. The second-order valence-corrected chi connectivity index (χ2v) is 23.5. The molecule has 7 unspecified atom stereocenters. The van der Waals surface area contributed by atoms with Gasteiger partial charge in [-0.3, -0.25) is 32.5 Å². The number of fused-ring (bicyclic) bond motifs is 1. The number of hydrogen-bond acceptors (Lipinski definition) is 22. The summed E-state index contributed by atoms with van der Waals surface area (Å²) in [6.45, 7) is 1.22. The number of nitrogens with one attached hydrogen (secondary N) is 2. The number of thioether (sulfide) groups is 1. The first-order valence-electron chi connectivity index (χ1n) is 21.4. The molecule has 2 aromatic carbocycles. The Hall–Kier alpha value is -4.49. The highest BCUT2D eigenvalue weighted by molar-refractivity contribution is 8.14. The molecule has 7 atom stereocenters. The third-order valence-corrected chi connectivity index (χ3v) is 15.6. The Bertz CT molecular complexity index is 2870. The van der Waals surface area contributed by atoms with Gasteiger partial charge in [0.15, 0.2) is 23.4 Å². The van der Waals surface area contributed by atoms with Crippen molar-refractivity contribution >= 4 is 84.9 Å². The van der Waals surface area contributed by atoms with Gasteiger partial charge < -0.3 is 60.5 Å². The van der Waals surface area contributed by atoms with Crippen LogP contribution >= 0.6 is 35.2 Å². The van der Waals surface area contributed by atoms with Gasteiger partial charge in [-0.2, -0.15) is 4.31 Å². The van der Waals surface area contributed by atoms with Crippen molar-refractivity contribution in [2.24, 2.45) is 10.6 Å². The summed E-state index contributed by atoms with van der Waals surface area (Å²) >= 11 is 0.809. The van der Waals surface area contributed by atoms with Crippen LogP contribution in [0.2, 0.25) is 0 Å². The monoisotopic (exact) mass is 1110 g/mol. The molecule has 29 nitrogen and oxygen atoms in total. The van der Waals surface area contributed by atoms with Gasteiger partial charge in [0.25, 0.3) is 0 Å². The average Bonchev–Trinajstić information content (AvgIpc) is 4.06. The largest absolute Gasteiger partial charge is 0.481 e. The predicted molar refractivity (Wildman–Crippen MR) is 252 cm³/mol. The van der Waals surface area contributed by atoms with Gasteiger partial charge in [0.1, 0.15) is 46.9 Å². The van der Waals surface area contributed by atoms with Gasteiger partial charge in [0.05, 0.1) is 25.2 Å². The number of benzene rings is 2. The van der Waals surface area contributed by atoms with E-state index in [1.54, 1.807) is 36.4 Å². The molecule has 0 saturated carbocycles. The van der Waals surface area contributed by atoms with Gasteiger partial charge in [0, 0.05) is 49.3 Å². The number of hydrogen-bond donors (Lipinski definition) is 10. The maximum absolute atomic E-state index is 13.3. The lowest BCUT2D eigenvalue weighted by Crippen LogP contribution is -2.46. The van der Waals surface area contributed by atoms with Crippen molar-refractivity contribution in [2.45, 2.75) is 68.6 Å². The minimum atomic E-state index is -5.63. The first kappa shape index (κ1) is 56.8. The number of nitrogens with two attached hydrogens (primary N) is 2. The van der Waals surface area contributed by atoms with Crippen LogP contribution in [0.4, 0.5) is 11.5 Å². The fraction of sp³-hybridized carbons (Fsp3) is 0.474. The summed E-state index contributed by atoms with van der Waals surface area (Å²) in [7, 11) is -20.9. The number of rotatable bonds is 24. The highest BCUT2D eigenvalue weighted by atomic mass is 32.2. The number of carbonyl (C=O) groups excluding carboxylic acids is 3. The molecule has 12 N–H and O–H groups in total. The normalized spacial score (nSPS) is 20.7. The zero-order chi connectivity index (χ0) is 52.8. The summed E-state index contributed by atoms with van der Waals surface area (Å²) in [5.74, 6) is -1.23. The van der Waals surface area contributed by atoms with Crippen molar-refractivity contribution in [1.29, 1.82) is 0 Å². The van der Waals surface area contributed by atoms with Crippen LogP contribution in [0.15, 0.2) is 60.0 Å². The fourth-order valence-electron chi connectivity index (χ4n) is 7.18. The summed E-state index contributed by atoms with van der Waals surface area (Å²) < 4.78 is 94.1. The van der Waals surface area contributed by atoms with Crippen LogP contribution in [0.3, 0.4) is 0 Å². The van der Waals surface area contributed by atoms with Crippen LogP contribution in [0, 0.1) is 5.41 Å². The maximum Gasteiger partial charge on any atom is 0.481 e. The van der Waals surface area contributed by atoms with E-state index in [4.69, 9.17) is 29.4 Å². The van der Waals surface area contributed by atoms with E-state index in [1.807, 2.05) is 4.90 Å². The third kappa shape index (κ3) is 15.1. The topological polar surface area (TPSA) is 436 Å². The third-order valence-electron chi connectivity index (χ3n) is 10.7. The number of para-hydroxylation sites is 1. The van der Waals surface area contributed by atoms with Crippen molar-refractivity contribution in [2.75, 3.05) is 55.8 Å². The molecule has 0 radical (unpaired) electrons. The number of anilines is 2. The molecule has 4 aromatic rings. The first-order chi connectivity index (χ1) is 33.6. The highest BCUT2D eigenvalue weighted by Gasteiger charge is 2.50. The number of amides is 2. The Morgan fingerprint density at radius 2 is 1.67 bits per heavy atom. The summed E-state index contributed by atoms with van der Waals surface area (Å²) in [6, 6.07) is 11.2. The van der Waals surface area contributed by atoms with E-state index in [0.29, 0.717) is 24.5 Å². The highest BCUT2D eigenvalue weighted by Crippen LogP contribution is 2.61. The molecule has 6 rings (SSSR count). The lowest BCUT2D eigenvalue weighted by atomic mass is 9.87. The van der Waals surface area contributed by atoms with Gasteiger partial charge in [-0.25, -0.2) is 42.2 Å². The predicted octanol–water partition coefficient (Wildman–Crippen LogP) is 1.02. The summed E-state index contributed by atoms with van der Waals surface area (Å²) in [4.78, 5) is 91.5. The van der Waals surface area contributed by atoms with Crippen molar-refractivity contribution < 1.29 is 93.6 Å². The zero-order valence-corrected chi connectivity index (χ0v) is 42.4. The van der Waals surface area contributed by atoms with Crippen molar-refractivity contribution in [3.8, 4) is 11.5 Å². The molecule has 2 aliphatic heterocycles. The standard InChI is InChI=1S/C38H52N9O20P3S2/c1-38(2,19-63-70(58,59)67-69(56,57)62-18-25-31(66-68(53,54)55)29(49)36(65-25)47-21-45-28-33(39)43-20-44-34(28)47)32(50)35(51)42-11-10-27(48)41-12-15-71-37(52)22-16-24(46-13-6-7-14-46)30(26(17-22)72(40,60)61)64-23-8-4-3-5-9-23/h3-5,8-9,16-17,20-21,25,29,31-32,36,49-50H,6-7,10-15,18-19H2,1-2H3,(H,41,48)(H,42,51)(H,56,57)(H,58,59)(H2,39,43,44)(H2,40,60,61)(H2,53,54,55). The number of carbonyl (C=O) groups is 3. The average molecular weight is 1110 g/mol. The molecule has 2 fully saturated rings. The minimum Gasteiger partial charge on any atom is -0.454 e. The van der Waals surface area contributed by atoms with Crippen LogP contribution in [0.5, 0.6) is 11.5 Å². The van der Waals surface area contributed by atoms with Crippen LogP contribution in [-0.2, 0) is 55.9 Å². The number of nitrogens with zero attached hydrogens (tertiary/aromatic N) is 5. The smallest absolute Gasteiger partial charge is 0.454 e. The van der Waals surface area contributed by atoms with E-state index in [9.17, 15) is 66.3 Å². The molecule has 2 aliphatic rings. The Morgan fingerprint density at radius 1 is 0.986 bits per heavy atom. The number of sulfonamides is 1. The molecule has 2 saturated heterocycles. The van der Waals surface area contributed by atoms with E-state index >= 15 is 0 Å². The molecule has 2 aromatic heterocycles. The molecule has 0 aliphatic carbocycles. The van der Waals surface area contributed by atoms with Crippen molar-refractivity contribution in [3.05, 3.63) is 60.7 Å². The Morgan fingerprint density at radius 3 is 2.33 bits per heavy atom. The second kappa shape index (κ2) is 23.4. The van der Waals surface area contributed by atoms with Crippen molar-refractivity contribution in [1.82, 2.24) is 30.2 Å². The number of aromatic nitrogens is 4. The van der Waals surface area contributed by atoms with E-state index in [0.717, 1.165) is 47.9 Å². The molecule has 0 bridgehead atoms. The lowest BCUT2D eigenvalue weighted by molar-refractivity contribution is -0.137. The lowest BCUT2D eigenvalue weighted by Gasteiger charge is -2.30. The molecule has 72 heavy (non-hydrogen) atoms. The van der Waals surface area contributed by atoms with Gasteiger partial charge >= 0.3 is 23.5 Å². The van der Waals surface area contributed by atoms with Crippen LogP contribution in [0.1, 0.15) is 49.7 Å². The molecule has 2 amide bonds. The number of primary sulfonamides is 1. The molecule has 34 heteroatoms. The zero-order valence-electron chi connectivity index (χ0n) is 38.1. The Labute approximate surface area is 414 Å².